The summed E-state index contributed by atoms with van der Waals surface area (Å²) >= 11 is 0. The quantitative estimate of drug-likeness (QED) is 0.847. The highest BCUT2D eigenvalue weighted by Gasteiger charge is 2.04. The van der Waals surface area contributed by atoms with Crippen LogP contribution in [0.5, 0.6) is 11.6 Å². The summed E-state index contributed by atoms with van der Waals surface area (Å²) in [5, 5.41) is 3.29. The Morgan fingerprint density at radius 2 is 2.00 bits per heavy atom. The lowest BCUT2D eigenvalue weighted by Crippen LogP contribution is -2.03. The van der Waals surface area contributed by atoms with E-state index in [0.29, 0.717) is 19.0 Å². The average Bonchev–Trinajstić information content (AvgIpc) is 2.49. The molecule has 0 unspecified atom stereocenters. The fourth-order valence-electron chi connectivity index (χ4n) is 1.88. The first-order valence-electron chi connectivity index (χ1n) is 6.49. The van der Waals surface area contributed by atoms with Crippen LogP contribution >= 0.6 is 0 Å². The molecule has 0 aliphatic rings. The minimum absolute atomic E-state index is 0.435. The Bertz CT molecular complexity index is 573. The molecule has 0 saturated carbocycles. The SMILES string of the molecule is CCOc1ccc(Nc2ccnc(OC)c2)cc1CN. The minimum atomic E-state index is 0.435. The number of nitrogens with one attached hydrogen (secondary N) is 1. The van der Waals surface area contributed by atoms with Crippen molar-refractivity contribution in [3.63, 3.8) is 0 Å². The van der Waals surface area contributed by atoms with Gasteiger partial charge in [-0.1, -0.05) is 0 Å². The lowest BCUT2D eigenvalue weighted by molar-refractivity contribution is 0.336. The maximum Gasteiger partial charge on any atom is 0.214 e. The summed E-state index contributed by atoms with van der Waals surface area (Å²) in [5.74, 6) is 1.40. The van der Waals surface area contributed by atoms with E-state index in [1.54, 1.807) is 13.3 Å². The van der Waals surface area contributed by atoms with E-state index in [4.69, 9.17) is 15.2 Å². The third kappa shape index (κ3) is 3.39. The van der Waals surface area contributed by atoms with Gasteiger partial charge in [0.15, 0.2) is 0 Å². The number of benzene rings is 1. The van der Waals surface area contributed by atoms with Crippen molar-refractivity contribution in [2.45, 2.75) is 13.5 Å². The first-order chi connectivity index (χ1) is 9.76. The fourth-order valence-corrected chi connectivity index (χ4v) is 1.88. The predicted molar refractivity (Wildman–Crippen MR) is 79.6 cm³/mol. The zero-order valence-corrected chi connectivity index (χ0v) is 11.7. The van der Waals surface area contributed by atoms with Crippen molar-refractivity contribution in [1.29, 1.82) is 0 Å². The largest absolute Gasteiger partial charge is 0.494 e. The number of hydrogen-bond donors (Lipinski definition) is 2. The fraction of sp³-hybridized carbons (Fsp3) is 0.267. The molecule has 20 heavy (non-hydrogen) atoms. The van der Waals surface area contributed by atoms with E-state index in [1.165, 1.54) is 0 Å². The number of rotatable bonds is 6. The molecule has 0 radical (unpaired) electrons. The molecule has 0 aliphatic heterocycles. The van der Waals surface area contributed by atoms with Crippen LogP contribution in [0.15, 0.2) is 36.5 Å². The normalized spacial score (nSPS) is 10.2. The highest BCUT2D eigenvalue weighted by molar-refractivity contribution is 5.62. The average molecular weight is 273 g/mol. The predicted octanol–water partition coefficient (Wildman–Crippen LogP) is 2.69. The summed E-state index contributed by atoms with van der Waals surface area (Å²) < 4.78 is 10.6. The summed E-state index contributed by atoms with van der Waals surface area (Å²) in [4.78, 5) is 4.07. The Morgan fingerprint density at radius 1 is 1.20 bits per heavy atom. The van der Waals surface area contributed by atoms with Crippen molar-refractivity contribution < 1.29 is 9.47 Å². The van der Waals surface area contributed by atoms with Gasteiger partial charge in [-0.3, -0.25) is 0 Å². The first kappa shape index (κ1) is 14.1. The van der Waals surface area contributed by atoms with E-state index in [1.807, 2.05) is 37.3 Å². The third-order valence-corrected chi connectivity index (χ3v) is 2.81. The van der Waals surface area contributed by atoms with Crippen molar-refractivity contribution in [2.75, 3.05) is 19.0 Å². The van der Waals surface area contributed by atoms with Gasteiger partial charge in [0.1, 0.15) is 5.75 Å². The Kier molecular flexibility index (Phi) is 4.79. The van der Waals surface area contributed by atoms with E-state index in [2.05, 4.69) is 10.3 Å². The molecule has 5 nitrogen and oxygen atoms in total. The van der Waals surface area contributed by atoms with Crippen LogP contribution < -0.4 is 20.5 Å². The lowest BCUT2D eigenvalue weighted by Gasteiger charge is -2.12. The molecule has 1 aromatic carbocycles. The van der Waals surface area contributed by atoms with Crippen LogP contribution in [0, 0.1) is 0 Å². The molecule has 0 bridgehead atoms. The third-order valence-electron chi connectivity index (χ3n) is 2.81. The van der Waals surface area contributed by atoms with Gasteiger partial charge in [-0.15, -0.1) is 0 Å². The van der Waals surface area contributed by atoms with Crippen LogP contribution in [-0.4, -0.2) is 18.7 Å². The van der Waals surface area contributed by atoms with Gasteiger partial charge in [0.2, 0.25) is 5.88 Å². The Hall–Kier alpha value is -2.27. The molecule has 0 amide bonds. The zero-order chi connectivity index (χ0) is 14.4. The van der Waals surface area contributed by atoms with Gasteiger partial charge >= 0.3 is 0 Å². The van der Waals surface area contributed by atoms with Crippen molar-refractivity contribution in [3.05, 3.63) is 42.1 Å². The van der Waals surface area contributed by atoms with Gasteiger partial charge in [0.05, 0.1) is 13.7 Å². The number of pyridine rings is 1. The molecular formula is C15H19N3O2. The van der Waals surface area contributed by atoms with Gasteiger partial charge < -0.3 is 20.5 Å². The summed E-state index contributed by atoms with van der Waals surface area (Å²) in [6.45, 7) is 3.02. The number of nitrogens with zero attached hydrogens (tertiary/aromatic N) is 1. The molecule has 1 heterocycles. The van der Waals surface area contributed by atoms with E-state index in [-0.39, 0.29) is 0 Å². The summed E-state index contributed by atoms with van der Waals surface area (Å²) in [5.41, 5.74) is 8.57. The number of aromatic nitrogens is 1. The molecule has 1 aromatic heterocycles. The number of anilines is 2. The number of ether oxygens (including phenoxy) is 2. The van der Waals surface area contributed by atoms with Crippen molar-refractivity contribution in [1.82, 2.24) is 4.98 Å². The smallest absolute Gasteiger partial charge is 0.214 e. The van der Waals surface area contributed by atoms with Crippen LogP contribution in [0.25, 0.3) is 0 Å². The molecule has 0 atom stereocenters. The maximum absolute atomic E-state index is 5.75. The molecule has 0 aliphatic carbocycles. The monoisotopic (exact) mass is 273 g/mol. The molecule has 0 fully saturated rings. The minimum Gasteiger partial charge on any atom is -0.494 e. The summed E-state index contributed by atoms with van der Waals surface area (Å²) in [7, 11) is 1.59. The number of methoxy groups -OCH3 is 1. The van der Waals surface area contributed by atoms with Gasteiger partial charge in [0, 0.05) is 35.7 Å². The standard InChI is InChI=1S/C15H19N3O2/c1-3-20-14-5-4-12(8-11(14)10-16)18-13-6-7-17-15(9-13)19-2/h4-9H,3,10,16H2,1-2H3,(H,17,18). The van der Waals surface area contributed by atoms with Crippen LogP contribution in [0.1, 0.15) is 12.5 Å². The van der Waals surface area contributed by atoms with E-state index in [9.17, 15) is 0 Å². The van der Waals surface area contributed by atoms with Crippen LogP contribution in [0.2, 0.25) is 0 Å². The molecular weight excluding hydrogens is 254 g/mol. The van der Waals surface area contributed by atoms with Crippen molar-refractivity contribution >= 4 is 11.4 Å². The highest BCUT2D eigenvalue weighted by atomic mass is 16.5. The van der Waals surface area contributed by atoms with Gasteiger partial charge in [0.25, 0.3) is 0 Å². The number of nitrogens with two attached hydrogens (primary N) is 1. The summed E-state index contributed by atoms with van der Waals surface area (Å²) in [6.07, 6.45) is 1.69. The highest BCUT2D eigenvalue weighted by Crippen LogP contribution is 2.25. The molecule has 2 aromatic rings. The Balaban J connectivity index is 2.20. The Labute approximate surface area is 118 Å². The second-order valence-electron chi connectivity index (χ2n) is 4.17. The van der Waals surface area contributed by atoms with Gasteiger partial charge in [-0.25, -0.2) is 4.98 Å². The van der Waals surface area contributed by atoms with Gasteiger partial charge in [-0.05, 0) is 31.2 Å². The van der Waals surface area contributed by atoms with Crippen molar-refractivity contribution in [3.8, 4) is 11.6 Å². The summed E-state index contributed by atoms with van der Waals surface area (Å²) in [6, 6.07) is 9.57. The second kappa shape index (κ2) is 6.77. The van der Waals surface area contributed by atoms with Crippen LogP contribution in [-0.2, 0) is 6.54 Å². The molecule has 0 saturated heterocycles. The first-order valence-corrected chi connectivity index (χ1v) is 6.49. The van der Waals surface area contributed by atoms with Crippen molar-refractivity contribution in [2.24, 2.45) is 5.73 Å². The van der Waals surface area contributed by atoms with Crippen LogP contribution in [0.3, 0.4) is 0 Å². The molecule has 3 N–H and O–H groups in total. The van der Waals surface area contributed by atoms with E-state index >= 15 is 0 Å². The maximum atomic E-state index is 5.75. The van der Waals surface area contributed by atoms with Gasteiger partial charge in [-0.2, -0.15) is 0 Å². The topological polar surface area (TPSA) is 69.4 Å². The second-order valence-corrected chi connectivity index (χ2v) is 4.17. The van der Waals surface area contributed by atoms with E-state index in [0.717, 1.165) is 22.7 Å². The Morgan fingerprint density at radius 3 is 2.70 bits per heavy atom. The zero-order valence-electron chi connectivity index (χ0n) is 11.7. The van der Waals surface area contributed by atoms with Crippen LogP contribution in [0.4, 0.5) is 11.4 Å². The molecule has 2 rings (SSSR count). The molecule has 5 heteroatoms. The number of hydrogen-bond acceptors (Lipinski definition) is 5. The van der Waals surface area contributed by atoms with E-state index < -0.39 is 0 Å². The molecule has 0 spiro atoms. The lowest BCUT2D eigenvalue weighted by atomic mass is 10.1. The molecule has 106 valence electrons.